The Morgan fingerprint density at radius 2 is 1.94 bits per heavy atom. The molecule has 5 nitrogen and oxygen atoms in total. The van der Waals surface area contributed by atoms with Gasteiger partial charge in [0.05, 0.1) is 18.2 Å². The molecule has 1 N–H and O–H groups in total. The van der Waals surface area contributed by atoms with E-state index in [0.717, 1.165) is 35.7 Å². The molecule has 3 unspecified atom stereocenters. The van der Waals surface area contributed by atoms with Crippen LogP contribution in [0.1, 0.15) is 37.8 Å². The molecule has 32 heavy (non-hydrogen) atoms. The molecule has 0 aromatic heterocycles. The monoisotopic (exact) mass is 451 g/mol. The van der Waals surface area contributed by atoms with Crippen molar-refractivity contribution in [1.82, 2.24) is 10.2 Å². The fourth-order valence-electron chi connectivity index (χ4n) is 4.65. The molecule has 6 heteroatoms. The number of thioether (sulfide) groups is 1. The summed E-state index contributed by atoms with van der Waals surface area (Å²) in [6.07, 6.45) is 2.31. The number of likely N-dealkylation sites (tertiary alicyclic amines) is 1. The maximum absolute atomic E-state index is 13.6. The second-order valence-corrected chi connectivity index (χ2v) is 10.1. The van der Waals surface area contributed by atoms with Crippen LogP contribution >= 0.6 is 11.8 Å². The van der Waals surface area contributed by atoms with Crippen molar-refractivity contribution in [2.24, 2.45) is 5.92 Å². The fraction of sp³-hybridized carbons (Fsp3) is 0.462. The number of para-hydroxylation sites is 1. The van der Waals surface area contributed by atoms with Gasteiger partial charge in [0.25, 0.3) is 0 Å². The van der Waals surface area contributed by atoms with Crippen molar-refractivity contribution in [3.8, 4) is 0 Å². The van der Waals surface area contributed by atoms with Crippen LogP contribution in [0.25, 0.3) is 0 Å². The zero-order chi connectivity index (χ0) is 22.7. The van der Waals surface area contributed by atoms with Gasteiger partial charge in [-0.2, -0.15) is 0 Å². The van der Waals surface area contributed by atoms with Gasteiger partial charge in [-0.3, -0.25) is 14.5 Å². The zero-order valence-corrected chi connectivity index (χ0v) is 20.0. The van der Waals surface area contributed by atoms with E-state index < -0.39 is 11.2 Å². The molecule has 2 aromatic rings. The molecular formula is C26H33N3O2S. The first-order valence-corrected chi connectivity index (χ1v) is 12.5. The molecule has 2 heterocycles. The summed E-state index contributed by atoms with van der Waals surface area (Å²) in [6.45, 7) is 9.39. The minimum atomic E-state index is -0.429. The summed E-state index contributed by atoms with van der Waals surface area (Å²) in [5, 5.41) is 2.71. The van der Waals surface area contributed by atoms with Gasteiger partial charge in [0.2, 0.25) is 11.8 Å². The first kappa shape index (κ1) is 22.9. The van der Waals surface area contributed by atoms with Crippen molar-refractivity contribution in [1.29, 1.82) is 0 Å². The van der Waals surface area contributed by atoms with Crippen molar-refractivity contribution >= 4 is 29.3 Å². The van der Waals surface area contributed by atoms with E-state index in [4.69, 9.17) is 0 Å². The van der Waals surface area contributed by atoms with Crippen LogP contribution in [0.3, 0.4) is 0 Å². The Labute approximate surface area is 195 Å². The molecule has 0 aliphatic carbocycles. The molecule has 4 rings (SSSR count). The average molecular weight is 452 g/mol. The smallest absolute Gasteiger partial charge is 0.241 e. The second-order valence-electron chi connectivity index (χ2n) is 8.87. The van der Waals surface area contributed by atoms with Crippen LogP contribution in [-0.4, -0.2) is 47.6 Å². The first-order chi connectivity index (χ1) is 15.5. The minimum Gasteiger partial charge on any atom is -0.354 e. The Morgan fingerprint density at radius 3 is 2.69 bits per heavy atom. The normalized spacial score (nSPS) is 22.0. The lowest BCUT2D eigenvalue weighted by Crippen LogP contribution is -2.48. The Bertz CT molecular complexity index is 962. The molecule has 170 valence electrons. The summed E-state index contributed by atoms with van der Waals surface area (Å²) in [6, 6.07) is 16.7. The maximum atomic E-state index is 13.6. The van der Waals surface area contributed by atoms with Crippen LogP contribution < -0.4 is 10.2 Å². The number of likely N-dealkylation sites (N-methyl/N-ethyl adjacent to an activating group) is 1. The van der Waals surface area contributed by atoms with E-state index >= 15 is 0 Å². The fourth-order valence-corrected chi connectivity index (χ4v) is 5.94. The number of rotatable bonds is 7. The molecule has 1 fully saturated rings. The number of anilines is 1. The highest BCUT2D eigenvalue weighted by Gasteiger charge is 2.39. The lowest BCUT2D eigenvalue weighted by Gasteiger charge is -2.36. The number of hydrogen-bond acceptors (Lipinski definition) is 4. The summed E-state index contributed by atoms with van der Waals surface area (Å²) in [7, 11) is 0. The summed E-state index contributed by atoms with van der Waals surface area (Å²) >= 11 is 1.52. The van der Waals surface area contributed by atoms with Gasteiger partial charge in [-0.05, 0) is 50.6 Å². The van der Waals surface area contributed by atoms with Crippen molar-refractivity contribution < 1.29 is 9.59 Å². The molecular weight excluding hydrogens is 418 g/mol. The maximum Gasteiger partial charge on any atom is 0.241 e. The molecule has 0 saturated carbocycles. The first-order valence-electron chi connectivity index (χ1n) is 11.6. The Balaban J connectivity index is 1.49. The largest absolute Gasteiger partial charge is 0.354 e. The predicted molar refractivity (Wildman–Crippen MR) is 131 cm³/mol. The van der Waals surface area contributed by atoms with Crippen molar-refractivity contribution in [3.63, 3.8) is 0 Å². The molecule has 2 amide bonds. The summed E-state index contributed by atoms with van der Waals surface area (Å²) in [5.74, 6) is -0.431. The molecule has 0 bridgehead atoms. The second kappa shape index (κ2) is 10.1. The standard InChI is InChI=1S/C26H33N3O2S/c1-4-28-15-7-8-21(28)16-27-25(30)19(3)24-26(31)29(17-20-13-11-18(2)12-14-20)22-9-5-6-10-23(22)32-24/h5-6,9-14,19,21,24H,4,7-8,15-17H2,1-3H3,(H,27,30). The van der Waals surface area contributed by atoms with Crippen LogP contribution in [0, 0.1) is 12.8 Å². The molecule has 0 radical (unpaired) electrons. The number of aryl methyl sites for hydroxylation is 1. The number of nitrogens with zero attached hydrogens (tertiary/aromatic N) is 2. The van der Waals surface area contributed by atoms with Gasteiger partial charge in [-0.25, -0.2) is 0 Å². The van der Waals surface area contributed by atoms with Crippen LogP contribution in [0.15, 0.2) is 53.4 Å². The number of carbonyl (C=O) groups excluding carboxylic acids is 2. The van der Waals surface area contributed by atoms with E-state index in [0.29, 0.717) is 19.1 Å². The number of amides is 2. The molecule has 2 aliphatic heterocycles. The van der Waals surface area contributed by atoms with Crippen LogP contribution in [0.2, 0.25) is 0 Å². The molecule has 1 saturated heterocycles. The van der Waals surface area contributed by atoms with Crippen LogP contribution in [0.4, 0.5) is 5.69 Å². The average Bonchev–Trinajstić information content (AvgIpc) is 3.27. The van der Waals surface area contributed by atoms with Gasteiger partial charge in [-0.1, -0.05) is 55.8 Å². The lowest BCUT2D eigenvalue weighted by molar-refractivity contribution is -0.128. The Morgan fingerprint density at radius 1 is 1.19 bits per heavy atom. The Hall–Kier alpha value is -2.31. The molecule has 2 aromatic carbocycles. The SMILES string of the molecule is CCN1CCCC1CNC(=O)C(C)C1Sc2ccccc2N(Cc2ccc(C)cc2)C1=O. The number of benzene rings is 2. The topological polar surface area (TPSA) is 52.7 Å². The van der Waals surface area contributed by atoms with Gasteiger partial charge in [0.15, 0.2) is 0 Å². The molecule has 2 aliphatic rings. The van der Waals surface area contributed by atoms with E-state index in [1.54, 1.807) is 0 Å². The highest BCUT2D eigenvalue weighted by atomic mass is 32.2. The van der Waals surface area contributed by atoms with Crippen LogP contribution in [-0.2, 0) is 16.1 Å². The minimum absolute atomic E-state index is 0.00739. The highest BCUT2D eigenvalue weighted by molar-refractivity contribution is 8.01. The van der Waals surface area contributed by atoms with E-state index in [-0.39, 0.29) is 11.8 Å². The summed E-state index contributed by atoms with van der Waals surface area (Å²) in [4.78, 5) is 31.9. The predicted octanol–water partition coefficient (Wildman–Crippen LogP) is 4.24. The quantitative estimate of drug-likeness (QED) is 0.684. The van der Waals surface area contributed by atoms with Crippen molar-refractivity contribution in [2.45, 2.75) is 56.3 Å². The van der Waals surface area contributed by atoms with E-state index in [9.17, 15) is 9.59 Å². The highest BCUT2D eigenvalue weighted by Crippen LogP contribution is 2.42. The zero-order valence-electron chi connectivity index (χ0n) is 19.2. The van der Waals surface area contributed by atoms with Crippen molar-refractivity contribution in [3.05, 3.63) is 59.7 Å². The van der Waals surface area contributed by atoms with Gasteiger partial charge >= 0.3 is 0 Å². The lowest BCUT2D eigenvalue weighted by atomic mass is 10.0. The van der Waals surface area contributed by atoms with Crippen LogP contribution in [0.5, 0.6) is 0 Å². The van der Waals surface area contributed by atoms with E-state index in [1.165, 1.54) is 23.7 Å². The van der Waals surface area contributed by atoms with Gasteiger partial charge < -0.3 is 10.2 Å². The van der Waals surface area contributed by atoms with Gasteiger partial charge in [0.1, 0.15) is 5.25 Å². The Kier molecular flexibility index (Phi) is 7.21. The van der Waals surface area contributed by atoms with Gasteiger partial charge in [0, 0.05) is 17.5 Å². The summed E-state index contributed by atoms with van der Waals surface area (Å²) in [5.41, 5.74) is 3.21. The number of hydrogen-bond donors (Lipinski definition) is 1. The van der Waals surface area contributed by atoms with Gasteiger partial charge in [-0.15, -0.1) is 11.8 Å². The number of carbonyl (C=O) groups is 2. The third-order valence-corrected chi connectivity index (χ3v) is 8.13. The third kappa shape index (κ3) is 4.86. The summed E-state index contributed by atoms with van der Waals surface area (Å²) < 4.78 is 0. The number of nitrogens with one attached hydrogen (secondary N) is 1. The number of fused-ring (bicyclic) bond motifs is 1. The van der Waals surface area contributed by atoms with E-state index in [2.05, 4.69) is 48.3 Å². The molecule has 0 spiro atoms. The van der Waals surface area contributed by atoms with Crippen molar-refractivity contribution in [2.75, 3.05) is 24.5 Å². The van der Waals surface area contributed by atoms with E-state index in [1.807, 2.05) is 36.1 Å². The molecule has 3 atom stereocenters. The third-order valence-electron chi connectivity index (χ3n) is 6.67.